The minimum absolute atomic E-state index is 0.0277. The zero-order valence-electron chi connectivity index (χ0n) is 15.8. The van der Waals surface area contributed by atoms with E-state index in [4.69, 9.17) is 18.9 Å². The summed E-state index contributed by atoms with van der Waals surface area (Å²) in [4.78, 5) is 4.66. The van der Waals surface area contributed by atoms with Gasteiger partial charge >= 0.3 is 0 Å². The van der Waals surface area contributed by atoms with Gasteiger partial charge in [0.15, 0.2) is 11.5 Å². The molecule has 2 unspecified atom stereocenters. The number of nitrogens with zero attached hydrogens (tertiary/aromatic N) is 1. The van der Waals surface area contributed by atoms with E-state index in [-0.39, 0.29) is 12.0 Å². The Morgan fingerprint density at radius 2 is 1.63 bits per heavy atom. The predicted octanol–water partition coefficient (Wildman–Crippen LogP) is 3.62. The van der Waals surface area contributed by atoms with Crippen LogP contribution in [0.5, 0.6) is 23.0 Å². The first-order valence-electron chi connectivity index (χ1n) is 8.69. The standard InChI is InChI=1S/C21H22N2O4/c1-24-13-5-6-16-15(11-13)14-7-8-22-19(20(14)23-16)12-9-17(25-2)21(27-4)18(10-12)26-3/h5-11,14,20,23H,1-4H3. The van der Waals surface area contributed by atoms with Gasteiger partial charge in [-0.3, -0.25) is 4.99 Å². The fourth-order valence-electron chi connectivity index (χ4n) is 3.74. The average Bonchev–Trinajstić information content (AvgIpc) is 3.10. The molecule has 4 rings (SSSR count). The molecule has 0 aromatic heterocycles. The lowest BCUT2D eigenvalue weighted by Crippen LogP contribution is -2.32. The molecule has 6 nitrogen and oxygen atoms in total. The number of aliphatic imine (C=N–C) groups is 1. The van der Waals surface area contributed by atoms with Gasteiger partial charge in [0, 0.05) is 23.4 Å². The van der Waals surface area contributed by atoms with Crippen LogP contribution in [0.3, 0.4) is 0 Å². The van der Waals surface area contributed by atoms with E-state index in [1.807, 2.05) is 30.5 Å². The van der Waals surface area contributed by atoms with Gasteiger partial charge < -0.3 is 24.3 Å². The summed E-state index contributed by atoms with van der Waals surface area (Å²) in [6.45, 7) is 0. The fraction of sp³-hybridized carbons (Fsp3) is 0.286. The molecule has 2 aromatic rings. The number of nitrogens with one attached hydrogen (secondary N) is 1. The van der Waals surface area contributed by atoms with E-state index in [0.29, 0.717) is 17.2 Å². The predicted molar refractivity (Wildman–Crippen MR) is 105 cm³/mol. The first kappa shape index (κ1) is 17.3. The van der Waals surface area contributed by atoms with E-state index in [2.05, 4.69) is 22.5 Å². The van der Waals surface area contributed by atoms with Crippen molar-refractivity contribution in [2.24, 2.45) is 4.99 Å². The van der Waals surface area contributed by atoms with Crippen LogP contribution >= 0.6 is 0 Å². The van der Waals surface area contributed by atoms with Gasteiger partial charge in [-0.25, -0.2) is 0 Å². The first-order chi connectivity index (χ1) is 13.2. The maximum Gasteiger partial charge on any atom is 0.203 e. The molecule has 2 aliphatic rings. The van der Waals surface area contributed by atoms with Crippen LogP contribution in [-0.2, 0) is 0 Å². The Kier molecular flexibility index (Phi) is 4.39. The number of fused-ring (bicyclic) bond motifs is 3. The van der Waals surface area contributed by atoms with Crippen molar-refractivity contribution in [3.8, 4) is 23.0 Å². The van der Waals surface area contributed by atoms with Gasteiger partial charge in [0.2, 0.25) is 5.75 Å². The van der Waals surface area contributed by atoms with Crippen molar-refractivity contribution in [2.45, 2.75) is 12.0 Å². The molecule has 0 spiro atoms. The molecule has 0 aliphatic carbocycles. The molecule has 0 radical (unpaired) electrons. The minimum atomic E-state index is 0.0277. The van der Waals surface area contributed by atoms with Gasteiger partial charge in [-0.1, -0.05) is 6.08 Å². The van der Waals surface area contributed by atoms with Crippen molar-refractivity contribution in [3.05, 3.63) is 53.7 Å². The highest BCUT2D eigenvalue weighted by molar-refractivity contribution is 6.09. The number of benzene rings is 2. The lowest BCUT2D eigenvalue weighted by molar-refractivity contribution is 0.324. The van der Waals surface area contributed by atoms with E-state index < -0.39 is 0 Å². The Balaban J connectivity index is 1.76. The van der Waals surface area contributed by atoms with Crippen LogP contribution in [0.4, 0.5) is 5.69 Å². The topological polar surface area (TPSA) is 61.3 Å². The Bertz CT molecular complexity index is 911. The number of methoxy groups -OCH3 is 4. The summed E-state index contributed by atoms with van der Waals surface area (Å²) in [5.74, 6) is 2.82. The summed E-state index contributed by atoms with van der Waals surface area (Å²) in [5, 5.41) is 3.59. The summed E-state index contributed by atoms with van der Waals surface area (Å²) in [6.07, 6.45) is 3.97. The zero-order chi connectivity index (χ0) is 19.0. The molecule has 2 aliphatic heterocycles. The molecule has 0 saturated carbocycles. The molecule has 6 heteroatoms. The molecule has 27 heavy (non-hydrogen) atoms. The number of hydrogen-bond acceptors (Lipinski definition) is 6. The molecule has 0 fully saturated rings. The van der Waals surface area contributed by atoms with Crippen molar-refractivity contribution < 1.29 is 18.9 Å². The quantitative estimate of drug-likeness (QED) is 0.876. The van der Waals surface area contributed by atoms with E-state index in [0.717, 1.165) is 22.7 Å². The maximum atomic E-state index is 5.50. The van der Waals surface area contributed by atoms with Crippen molar-refractivity contribution in [2.75, 3.05) is 33.8 Å². The van der Waals surface area contributed by atoms with E-state index in [9.17, 15) is 0 Å². The van der Waals surface area contributed by atoms with Gasteiger partial charge in [-0.15, -0.1) is 0 Å². The number of rotatable bonds is 5. The summed E-state index contributed by atoms with van der Waals surface area (Å²) in [7, 11) is 6.51. The molecule has 0 saturated heterocycles. The van der Waals surface area contributed by atoms with Crippen LogP contribution in [0.1, 0.15) is 17.0 Å². The van der Waals surface area contributed by atoms with Crippen LogP contribution in [0, 0.1) is 0 Å². The van der Waals surface area contributed by atoms with Gasteiger partial charge in [-0.05, 0) is 35.9 Å². The van der Waals surface area contributed by atoms with Crippen molar-refractivity contribution in [1.29, 1.82) is 0 Å². The molecular weight excluding hydrogens is 344 g/mol. The van der Waals surface area contributed by atoms with Crippen molar-refractivity contribution in [3.63, 3.8) is 0 Å². The van der Waals surface area contributed by atoms with Gasteiger partial charge in [0.25, 0.3) is 0 Å². The minimum Gasteiger partial charge on any atom is -0.497 e. The summed E-state index contributed by atoms with van der Waals surface area (Å²) < 4.78 is 21.8. The van der Waals surface area contributed by atoms with Crippen LogP contribution in [0.2, 0.25) is 0 Å². The SMILES string of the molecule is COc1ccc2c(c1)C1C=CN=C(c3cc(OC)c(OC)c(OC)c3)C1N2. The van der Waals surface area contributed by atoms with Crippen molar-refractivity contribution in [1.82, 2.24) is 0 Å². The van der Waals surface area contributed by atoms with Crippen LogP contribution < -0.4 is 24.3 Å². The molecule has 2 atom stereocenters. The second-order valence-electron chi connectivity index (χ2n) is 6.37. The van der Waals surface area contributed by atoms with Crippen LogP contribution in [0.25, 0.3) is 0 Å². The molecule has 0 bridgehead atoms. The zero-order valence-corrected chi connectivity index (χ0v) is 15.8. The fourth-order valence-corrected chi connectivity index (χ4v) is 3.74. The molecule has 140 valence electrons. The van der Waals surface area contributed by atoms with Crippen molar-refractivity contribution >= 4 is 11.4 Å². The molecule has 1 N–H and O–H groups in total. The highest BCUT2D eigenvalue weighted by Gasteiger charge is 2.36. The first-order valence-corrected chi connectivity index (χ1v) is 8.69. The summed E-state index contributed by atoms with van der Waals surface area (Å²) in [6, 6.07) is 9.98. The lowest BCUT2D eigenvalue weighted by atomic mass is 9.87. The largest absolute Gasteiger partial charge is 0.497 e. The smallest absolute Gasteiger partial charge is 0.203 e. The number of hydrogen-bond donors (Lipinski definition) is 1. The third kappa shape index (κ3) is 2.77. The van der Waals surface area contributed by atoms with E-state index in [1.165, 1.54) is 5.56 Å². The normalized spacial score (nSPS) is 19.5. The Hall–Kier alpha value is -3.15. The molecule has 0 amide bonds. The Morgan fingerprint density at radius 1 is 0.889 bits per heavy atom. The van der Waals surface area contributed by atoms with Gasteiger partial charge in [-0.2, -0.15) is 0 Å². The lowest BCUT2D eigenvalue weighted by Gasteiger charge is -2.24. The number of anilines is 1. The monoisotopic (exact) mass is 366 g/mol. The number of ether oxygens (including phenoxy) is 4. The Labute approximate surface area is 158 Å². The van der Waals surface area contributed by atoms with E-state index in [1.54, 1.807) is 28.4 Å². The molecule has 2 heterocycles. The van der Waals surface area contributed by atoms with Crippen LogP contribution in [0.15, 0.2) is 47.6 Å². The summed E-state index contributed by atoms with van der Waals surface area (Å²) in [5.41, 5.74) is 4.15. The maximum absolute atomic E-state index is 5.50. The third-order valence-corrected chi connectivity index (χ3v) is 5.05. The molecule has 2 aromatic carbocycles. The molecular formula is C21H22N2O4. The average molecular weight is 366 g/mol. The highest BCUT2D eigenvalue weighted by Crippen LogP contribution is 2.44. The van der Waals surface area contributed by atoms with Crippen LogP contribution in [-0.4, -0.2) is 40.2 Å². The third-order valence-electron chi connectivity index (χ3n) is 5.05. The Morgan fingerprint density at radius 3 is 2.26 bits per heavy atom. The van der Waals surface area contributed by atoms with Gasteiger partial charge in [0.05, 0.1) is 40.2 Å². The highest BCUT2D eigenvalue weighted by atomic mass is 16.5. The van der Waals surface area contributed by atoms with E-state index >= 15 is 0 Å². The second-order valence-corrected chi connectivity index (χ2v) is 6.37. The summed E-state index contributed by atoms with van der Waals surface area (Å²) >= 11 is 0. The van der Waals surface area contributed by atoms with Gasteiger partial charge in [0.1, 0.15) is 5.75 Å². The second kappa shape index (κ2) is 6.87.